The lowest BCUT2D eigenvalue weighted by Gasteiger charge is -2.15. The number of ether oxygens (including phenoxy) is 1. The van der Waals surface area contributed by atoms with Gasteiger partial charge in [-0.05, 0) is 79.6 Å². The molecule has 0 bridgehead atoms. The Kier molecular flexibility index (Phi) is 7.22. The molecule has 2 N–H and O–H groups in total. The Bertz CT molecular complexity index is 1350. The van der Waals surface area contributed by atoms with Crippen LogP contribution in [0.25, 0.3) is 10.9 Å². The van der Waals surface area contributed by atoms with E-state index in [0.717, 1.165) is 40.1 Å². The third-order valence-corrected chi connectivity index (χ3v) is 8.74. The average Bonchev–Trinajstić information content (AvgIpc) is 3.64. The Morgan fingerprint density at radius 2 is 1.97 bits per heavy atom. The van der Waals surface area contributed by atoms with E-state index in [-0.39, 0.29) is 11.7 Å². The number of amides is 1. The Hall–Kier alpha value is -3.01. The molecule has 2 heterocycles. The van der Waals surface area contributed by atoms with E-state index in [1.165, 1.54) is 12.8 Å². The van der Waals surface area contributed by atoms with Crippen LogP contribution >= 0.6 is 0 Å². The molecular formula is C27H32N4O4S. The molecule has 1 aliphatic heterocycles. The number of hydrogen-bond acceptors (Lipinski definition) is 6. The minimum atomic E-state index is -3.06. The van der Waals surface area contributed by atoms with E-state index >= 15 is 0 Å². The van der Waals surface area contributed by atoms with Gasteiger partial charge < -0.3 is 15.4 Å². The van der Waals surface area contributed by atoms with Gasteiger partial charge in [-0.25, -0.2) is 12.7 Å². The second-order valence-electron chi connectivity index (χ2n) is 9.63. The van der Waals surface area contributed by atoms with Gasteiger partial charge in [0.05, 0.1) is 17.9 Å². The minimum absolute atomic E-state index is 0.174. The number of nitrogens with zero attached hydrogens (tertiary/aromatic N) is 2. The van der Waals surface area contributed by atoms with E-state index in [9.17, 15) is 13.2 Å². The number of anilines is 1. The Balaban J connectivity index is 1.17. The van der Waals surface area contributed by atoms with Crippen molar-refractivity contribution in [1.82, 2.24) is 14.6 Å². The lowest BCUT2D eigenvalue weighted by atomic mass is 10.1. The third kappa shape index (κ3) is 5.86. The van der Waals surface area contributed by atoms with Crippen LogP contribution in [0.5, 0.6) is 5.75 Å². The highest BCUT2D eigenvalue weighted by Crippen LogP contribution is 2.30. The number of nitrogens with one attached hydrogen (secondary N) is 2. The maximum absolute atomic E-state index is 12.8. The second-order valence-corrected chi connectivity index (χ2v) is 11.7. The minimum Gasteiger partial charge on any atom is -0.493 e. The summed E-state index contributed by atoms with van der Waals surface area (Å²) in [4.78, 5) is 17.4. The van der Waals surface area contributed by atoms with Crippen LogP contribution in [0.3, 0.4) is 0 Å². The summed E-state index contributed by atoms with van der Waals surface area (Å²) < 4.78 is 31.1. The van der Waals surface area contributed by atoms with Gasteiger partial charge in [0.1, 0.15) is 5.75 Å². The Labute approximate surface area is 212 Å². The standard InChI is InChI=1S/C27H32N4O4S/c1-19-25(30-27(32)22-5-8-24(9-6-22)35-18-20-3-4-20)10-7-23-15-21(17-29-26(19)23)16-28-11-13-31-12-2-14-36(31,33)34/h5-10,15,17,20,28H,2-4,11-14,16,18H2,1H3,(H,30,32). The number of pyridine rings is 1. The number of aromatic nitrogens is 1. The molecular weight excluding hydrogens is 476 g/mol. The highest BCUT2D eigenvalue weighted by atomic mass is 32.2. The normalized spacial score (nSPS) is 17.4. The molecule has 0 radical (unpaired) electrons. The van der Waals surface area contributed by atoms with Crippen LogP contribution in [0.1, 0.15) is 40.7 Å². The lowest BCUT2D eigenvalue weighted by Crippen LogP contribution is -2.33. The molecule has 1 amide bonds. The highest BCUT2D eigenvalue weighted by molar-refractivity contribution is 7.89. The maximum Gasteiger partial charge on any atom is 0.255 e. The largest absolute Gasteiger partial charge is 0.493 e. The molecule has 8 nitrogen and oxygen atoms in total. The average molecular weight is 509 g/mol. The first-order chi connectivity index (χ1) is 17.4. The molecule has 1 aliphatic carbocycles. The smallest absolute Gasteiger partial charge is 0.255 e. The summed E-state index contributed by atoms with van der Waals surface area (Å²) in [6.45, 7) is 4.99. The summed E-state index contributed by atoms with van der Waals surface area (Å²) in [5.74, 6) is 1.55. The van der Waals surface area contributed by atoms with Gasteiger partial charge in [0.25, 0.3) is 5.91 Å². The van der Waals surface area contributed by atoms with Gasteiger partial charge in [-0.1, -0.05) is 6.07 Å². The van der Waals surface area contributed by atoms with Crippen LogP contribution in [0.4, 0.5) is 5.69 Å². The van der Waals surface area contributed by atoms with Gasteiger partial charge in [0, 0.05) is 49.0 Å². The van der Waals surface area contributed by atoms with E-state index in [2.05, 4.69) is 21.7 Å². The molecule has 36 heavy (non-hydrogen) atoms. The molecule has 1 aromatic heterocycles. The fraction of sp³-hybridized carbons (Fsp3) is 0.407. The molecule has 190 valence electrons. The summed E-state index contributed by atoms with van der Waals surface area (Å²) in [6, 6.07) is 13.2. The summed E-state index contributed by atoms with van der Waals surface area (Å²) in [5, 5.41) is 7.30. The number of sulfonamides is 1. The van der Waals surface area contributed by atoms with Crippen molar-refractivity contribution in [3.8, 4) is 5.75 Å². The zero-order valence-electron chi connectivity index (χ0n) is 20.5. The van der Waals surface area contributed by atoms with E-state index in [4.69, 9.17) is 4.74 Å². The first-order valence-electron chi connectivity index (χ1n) is 12.5. The number of carbonyl (C=O) groups excluding carboxylic acids is 1. The van der Waals surface area contributed by atoms with Crippen molar-refractivity contribution < 1.29 is 17.9 Å². The summed E-state index contributed by atoms with van der Waals surface area (Å²) >= 11 is 0. The third-order valence-electron chi connectivity index (χ3n) is 6.78. The lowest BCUT2D eigenvalue weighted by molar-refractivity contribution is 0.102. The second kappa shape index (κ2) is 10.5. The molecule has 0 spiro atoms. The van der Waals surface area contributed by atoms with Crippen molar-refractivity contribution >= 4 is 32.5 Å². The Morgan fingerprint density at radius 1 is 1.17 bits per heavy atom. The van der Waals surface area contributed by atoms with E-state index in [1.807, 2.05) is 37.4 Å². The number of fused-ring (bicyclic) bond motifs is 1. The zero-order valence-corrected chi connectivity index (χ0v) is 21.3. The summed E-state index contributed by atoms with van der Waals surface area (Å²) in [7, 11) is -3.06. The number of benzene rings is 2. The SMILES string of the molecule is Cc1c(NC(=O)c2ccc(OCC3CC3)cc2)ccc2cc(CNCCN3CCCS3(=O)=O)cnc12. The fourth-order valence-corrected chi connectivity index (χ4v) is 5.93. The van der Waals surface area contributed by atoms with Crippen molar-refractivity contribution in [2.24, 2.45) is 5.92 Å². The van der Waals surface area contributed by atoms with Gasteiger partial charge >= 0.3 is 0 Å². The first-order valence-corrected chi connectivity index (χ1v) is 14.1. The number of carbonyl (C=O) groups is 1. The summed E-state index contributed by atoms with van der Waals surface area (Å²) in [5.41, 5.74) is 4.07. The maximum atomic E-state index is 12.8. The molecule has 2 fully saturated rings. The Morgan fingerprint density at radius 3 is 2.69 bits per heavy atom. The molecule has 0 unspecified atom stereocenters. The van der Waals surface area contributed by atoms with Gasteiger partial charge in [-0.3, -0.25) is 9.78 Å². The monoisotopic (exact) mass is 508 g/mol. The van der Waals surface area contributed by atoms with Crippen molar-refractivity contribution in [3.05, 3.63) is 65.4 Å². The van der Waals surface area contributed by atoms with Crippen molar-refractivity contribution in [1.29, 1.82) is 0 Å². The van der Waals surface area contributed by atoms with Gasteiger partial charge in [0.2, 0.25) is 10.0 Å². The fourth-order valence-electron chi connectivity index (χ4n) is 4.40. The van der Waals surface area contributed by atoms with Crippen molar-refractivity contribution in [3.63, 3.8) is 0 Å². The number of rotatable bonds is 10. The quantitative estimate of drug-likeness (QED) is 0.405. The number of aryl methyl sites for hydroxylation is 1. The van der Waals surface area contributed by atoms with Gasteiger partial charge in [-0.15, -0.1) is 0 Å². The topological polar surface area (TPSA) is 101 Å². The predicted octanol–water partition coefficient (Wildman–Crippen LogP) is 3.71. The molecule has 3 aromatic rings. The van der Waals surface area contributed by atoms with Crippen LogP contribution in [-0.4, -0.2) is 55.6 Å². The van der Waals surface area contributed by atoms with E-state index < -0.39 is 10.0 Å². The first kappa shape index (κ1) is 24.7. The molecule has 2 aliphatic rings. The van der Waals surface area contributed by atoms with Crippen LogP contribution in [0.2, 0.25) is 0 Å². The van der Waals surface area contributed by atoms with Crippen LogP contribution in [-0.2, 0) is 16.6 Å². The number of hydrogen-bond donors (Lipinski definition) is 2. The molecule has 1 saturated heterocycles. The molecule has 5 rings (SSSR count). The molecule has 0 atom stereocenters. The van der Waals surface area contributed by atoms with Crippen molar-refractivity contribution in [2.75, 3.05) is 37.3 Å². The van der Waals surface area contributed by atoms with E-state index in [1.54, 1.807) is 16.4 Å². The van der Waals surface area contributed by atoms with E-state index in [0.29, 0.717) is 44.1 Å². The van der Waals surface area contributed by atoms with Gasteiger partial charge in [0.15, 0.2) is 0 Å². The van der Waals surface area contributed by atoms with Crippen molar-refractivity contribution in [2.45, 2.75) is 32.7 Å². The summed E-state index contributed by atoms with van der Waals surface area (Å²) in [6.07, 6.45) is 5.01. The molecule has 9 heteroatoms. The zero-order chi connectivity index (χ0) is 25.1. The van der Waals surface area contributed by atoms with Crippen LogP contribution in [0, 0.1) is 12.8 Å². The highest BCUT2D eigenvalue weighted by Gasteiger charge is 2.27. The van der Waals surface area contributed by atoms with Crippen LogP contribution < -0.4 is 15.4 Å². The van der Waals surface area contributed by atoms with Gasteiger partial charge in [-0.2, -0.15) is 0 Å². The molecule has 2 aromatic carbocycles. The molecule has 1 saturated carbocycles. The predicted molar refractivity (Wildman–Crippen MR) is 141 cm³/mol. The van der Waals surface area contributed by atoms with Crippen LogP contribution in [0.15, 0.2) is 48.7 Å².